The molecular formula is C25H21FN8O2. The van der Waals surface area contributed by atoms with Gasteiger partial charge < -0.3 is 15.8 Å². The lowest BCUT2D eigenvalue weighted by Crippen LogP contribution is -2.18. The number of benzene rings is 2. The summed E-state index contributed by atoms with van der Waals surface area (Å²) in [4.78, 5) is 21.2. The van der Waals surface area contributed by atoms with Crippen molar-refractivity contribution < 1.29 is 13.9 Å². The first-order valence-corrected chi connectivity index (χ1v) is 11.0. The molecule has 11 heteroatoms. The Hall–Kier alpha value is -5.03. The molecule has 2 aromatic heterocycles. The van der Waals surface area contributed by atoms with Gasteiger partial charge in [-0.1, -0.05) is 12.1 Å². The van der Waals surface area contributed by atoms with Gasteiger partial charge in [0.25, 0.3) is 0 Å². The third-order valence-corrected chi connectivity index (χ3v) is 5.50. The molecule has 2 heterocycles. The summed E-state index contributed by atoms with van der Waals surface area (Å²) >= 11 is 0. The number of halogens is 1. The molecule has 0 radical (unpaired) electrons. The van der Waals surface area contributed by atoms with Gasteiger partial charge >= 0.3 is 5.97 Å². The minimum atomic E-state index is -1.24. The van der Waals surface area contributed by atoms with E-state index in [2.05, 4.69) is 26.5 Å². The second kappa shape index (κ2) is 10.5. The standard InChI is InChI=1S/C25H21FN8O2/c1-36-25(35)18(14-28)22-24(32-21-6-3-2-5-20(21)31-22)30-12-4-7-19-17(13-27)23(29)34(33-19)16-10-8-15(26)9-11-16/h2-3,5-6,8-11,18H,4,7,12,29H2,1H3,(H,30,32). The fourth-order valence-corrected chi connectivity index (χ4v) is 3.71. The van der Waals surface area contributed by atoms with Gasteiger partial charge in [-0.05, 0) is 49.2 Å². The number of methoxy groups -OCH3 is 1. The molecule has 4 aromatic rings. The van der Waals surface area contributed by atoms with E-state index in [9.17, 15) is 19.7 Å². The second-order valence-corrected chi connectivity index (χ2v) is 7.77. The van der Waals surface area contributed by atoms with Crippen LogP contribution in [0.3, 0.4) is 0 Å². The summed E-state index contributed by atoms with van der Waals surface area (Å²) < 4.78 is 19.4. The number of nitrogens with zero attached hydrogens (tertiary/aromatic N) is 6. The van der Waals surface area contributed by atoms with Crippen LogP contribution in [0.5, 0.6) is 0 Å². The maximum absolute atomic E-state index is 13.3. The molecule has 1 unspecified atom stereocenters. The minimum absolute atomic E-state index is 0.171. The van der Waals surface area contributed by atoms with Crippen molar-refractivity contribution in [3.8, 4) is 17.8 Å². The highest BCUT2D eigenvalue weighted by Gasteiger charge is 2.27. The van der Waals surface area contributed by atoms with Crippen molar-refractivity contribution in [2.45, 2.75) is 18.8 Å². The van der Waals surface area contributed by atoms with Crippen LogP contribution in [0.15, 0.2) is 48.5 Å². The Kier molecular flexibility index (Phi) is 7.02. The van der Waals surface area contributed by atoms with Gasteiger partial charge in [-0.15, -0.1) is 0 Å². The summed E-state index contributed by atoms with van der Waals surface area (Å²) in [6.07, 6.45) is 0.932. The molecule has 0 saturated carbocycles. The maximum atomic E-state index is 13.3. The summed E-state index contributed by atoms with van der Waals surface area (Å²) in [7, 11) is 1.21. The van der Waals surface area contributed by atoms with Gasteiger partial charge in [0.2, 0.25) is 0 Å². The van der Waals surface area contributed by atoms with Crippen molar-refractivity contribution >= 4 is 28.6 Å². The highest BCUT2D eigenvalue weighted by atomic mass is 19.1. The number of aromatic nitrogens is 4. The van der Waals surface area contributed by atoms with E-state index in [1.54, 1.807) is 18.2 Å². The number of anilines is 2. The van der Waals surface area contributed by atoms with Crippen LogP contribution in [-0.4, -0.2) is 39.4 Å². The number of aryl methyl sites for hydroxylation is 1. The van der Waals surface area contributed by atoms with Gasteiger partial charge in [0.1, 0.15) is 29.0 Å². The Labute approximate surface area is 205 Å². The summed E-state index contributed by atoms with van der Waals surface area (Å²) in [6.45, 7) is 0.382. The number of hydrogen-bond acceptors (Lipinski definition) is 9. The third-order valence-electron chi connectivity index (χ3n) is 5.50. The number of esters is 1. The molecule has 3 N–H and O–H groups in total. The Balaban J connectivity index is 1.54. The predicted molar refractivity (Wildman–Crippen MR) is 129 cm³/mol. The normalized spacial score (nSPS) is 11.4. The van der Waals surface area contributed by atoms with E-state index in [0.717, 1.165) is 0 Å². The average Bonchev–Trinajstić information content (AvgIpc) is 3.22. The smallest absolute Gasteiger partial charge is 0.329 e. The molecule has 36 heavy (non-hydrogen) atoms. The minimum Gasteiger partial charge on any atom is -0.468 e. The van der Waals surface area contributed by atoms with E-state index in [0.29, 0.717) is 47.6 Å². The lowest BCUT2D eigenvalue weighted by molar-refractivity contribution is -0.141. The number of nitriles is 2. The number of carbonyl (C=O) groups excluding carboxylic acids is 1. The number of nitrogens with one attached hydrogen (secondary N) is 1. The van der Waals surface area contributed by atoms with Gasteiger partial charge in [0.05, 0.1) is 35.6 Å². The summed E-state index contributed by atoms with van der Waals surface area (Å²) in [5.41, 5.74) is 8.72. The fourth-order valence-electron chi connectivity index (χ4n) is 3.71. The number of nitrogens with two attached hydrogens (primary N) is 1. The lowest BCUT2D eigenvalue weighted by Gasteiger charge is -2.14. The molecule has 0 aliphatic heterocycles. The van der Waals surface area contributed by atoms with Gasteiger partial charge in [-0.3, -0.25) is 4.79 Å². The van der Waals surface area contributed by atoms with E-state index in [4.69, 9.17) is 10.5 Å². The van der Waals surface area contributed by atoms with Crippen LogP contribution in [0, 0.1) is 28.5 Å². The number of ether oxygens (including phenoxy) is 1. The van der Waals surface area contributed by atoms with Crippen LogP contribution in [0.25, 0.3) is 16.7 Å². The van der Waals surface area contributed by atoms with Gasteiger partial charge in [0, 0.05) is 6.54 Å². The molecule has 0 bridgehead atoms. The SMILES string of the molecule is COC(=O)C(C#N)c1nc2ccccc2nc1NCCCc1nn(-c2ccc(F)cc2)c(N)c1C#N. The number of carbonyl (C=O) groups is 1. The molecule has 0 aliphatic carbocycles. The van der Waals surface area contributed by atoms with Crippen LogP contribution in [0.4, 0.5) is 16.0 Å². The molecule has 4 rings (SSSR count). The number of para-hydroxylation sites is 2. The van der Waals surface area contributed by atoms with Crippen LogP contribution >= 0.6 is 0 Å². The van der Waals surface area contributed by atoms with E-state index >= 15 is 0 Å². The maximum Gasteiger partial charge on any atom is 0.329 e. The topological polar surface area (TPSA) is 156 Å². The molecule has 0 fully saturated rings. The number of hydrogen-bond donors (Lipinski definition) is 2. The zero-order valence-electron chi connectivity index (χ0n) is 19.3. The molecule has 10 nitrogen and oxygen atoms in total. The van der Waals surface area contributed by atoms with Crippen molar-refractivity contribution in [1.29, 1.82) is 10.5 Å². The van der Waals surface area contributed by atoms with Crippen LogP contribution < -0.4 is 11.1 Å². The molecule has 180 valence electrons. The molecule has 1 atom stereocenters. The van der Waals surface area contributed by atoms with Crippen LogP contribution in [0.2, 0.25) is 0 Å². The zero-order chi connectivity index (χ0) is 25.7. The quantitative estimate of drug-likeness (QED) is 0.283. The Morgan fingerprint density at radius 3 is 2.50 bits per heavy atom. The third kappa shape index (κ3) is 4.76. The zero-order valence-corrected chi connectivity index (χ0v) is 19.3. The van der Waals surface area contributed by atoms with E-state index in [1.807, 2.05) is 12.1 Å². The molecule has 0 saturated heterocycles. The molecule has 0 aliphatic rings. The number of nitrogen functional groups attached to an aromatic ring is 1. The van der Waals surface area contributed by atoms with Gasteiger partial charge in [-0.2, -0.15) is 15.6 Å². The highest BCUT2D eigenvalue weighted by Crippen LogP contribution is 2.26. The van der Waals surface area contributed by atoms with Gasteiger partial charge in [0.15, 0.2) is 11.7 Å². The first-order valence-electron chi connectivity index (χ1n) is 11.0. The average molecular weight is 484 g/mol. The molecule has 0 spiro atoms. The number of rotatable bonds is 8. The summed E-state index contributed by atoms with van der Waals surface area (Å²) in [5.74, 6) is -1.90. The first-order chi connectivity index (χ1) is 17.5. The van der Waals surface area contributed by atoms with E-state index in [1.165, 1.54) is 36.1 Å². The Morgan fingerprint density at radius 2 is 1.86 bits per heavy atom. The van der Waals surface area contributed by atoms with Crippen molar-refractivity contribution in [2.24, 2.45) is 0 Å². The van der Waals surface area contributed by atoms with Crippen molar-refractivity contribution in [1.82, 2.24) is 19.7 Å². The summed E-state index contributed by atoms with van der Waals surface area (Å²) in [6, 6.07) is 16.8. The monoisotopic (exact) mass is 484 g/mol. The van der Waals surface area contributed by atoms with Gasteiger partial charge in [-0.25, -0.2) is 19.0 Å². The Morgan fingerprint density at radius 1 is 1.17 bits per heavy atom. The van der Waals surface area contributed by atoms with Crippen molar-refractivity contribution in [3.63, 3.8) is 0 Å². The largest absolute Gasteiger partial charge is 0.468 e. The molecule has 0 amide bonds. The fraction of sp³-hybridized carbons (Fsp3) is 0.200. The van der Waals surface area contributed by atoms with Crippen LogP contribution in [-0.2, 0) is 16.0 Å². The van der Waals surface area contributed by atoms with E-state index in [-0.39, 0.29) is 17.1 Å². The summed E-state index contributed by atoms with van der Waals surface area (Å²) in [5, 5.41) is 26.7. The Bertz CT molecular complexity index is 1500. The van der Waals surface area contributed by atoms with Crippen molar-refractivity contribution in [2.75, 3.05) is 24.7 Å². The molecule has 2 aromatic carbocycles. The predicted octanol–water partition coefficient (Wildman–Crippen LogP) is 3.23. The number of fused-ring (bicyclic) bond motifs is 1. The second-order valence-electron chi connectivity index (χ2n) is 7.77. The van der Waals surface area contributed by atoms with Crippen molar-refractivity contribution in [3.05, 3.63) is 71.3 Å². The van der Waals surface area contributed by atoms with E-state index < -0.39 is 17.7 Å². The van der Waals surface area contributed by atoms with Crippen LogP contribution in [0.1, 0.15) is 29.3 Å². The highest BCUT2D eigenvalue weighted by molar-refractivity contribution is 5.84. The lowest BCUT2D eigenvalue weighted by atomic mass is 10.1. The molecular weight excluding hydrogens is 463 g/mol. The first kappa shape index (κ1) is 24.1.